The average Bonchev–Trinajstić information content (AvgIpc) is 2.87. The van der Waals surface area contributed by atoms with Crippen LogP contribution in [0.5, 0.6) is 23.0 Å². The van der Waals surface area contributed by atoms with Gasteiger partial charge in [0.15, 0.2) is 11.5 Å². The molecule has 3 rings (SSSR count). The third-order valence-electron chi connectivity index (χ3n) is 3.27. The standard InChI is InChI=1S/C16H14O5/c1-19-15-6-9-5-14(21-13(9)8-16(15)20-2)11-4-3-10(17)7-12(11)18/h3-8,17-18H,1-2H3. The van der Waals surface area contributed by atoms with Crippen LogP contribution < -0.4 is 9.47 Å². The first kappa shape index (κ1) is 13.2. The predicted octanol–water partition coefficient (Wildman–Crippen LogP) is 3.53. The van der Waals surface area contributed by atoms with Gasteiger partial charge in [0, 0.05) is 17.5 Å². The summed E-state index contributed by atoms with van der Waals surface area (Å²) in [5.41, 5.74) is 1.12. The molecule has 2 N–H and O–H groups in total. The van der Waals surface area contributed by atoms with Crippen molar-refractivity contribution in [2.75, 3.05) is 14.2 Å². The Hall–Kier alpha value is -2.82. The molecule has 2 aromatic carbocycles. The molecule has 1 heterocycles. The van der Waals surface area contributed by atoms with Crippen molar-refractivity contribution >= 4 is 11.0 Å². The molecule has 0 aliphatic heterocycles. The molecular weight excluding hydrogens is 272 g/mol. The summed E-state index contributed by atoms with van der Waals surface area (Å²) in [5, 5.41) is 20.1. The van der Waals surface area contributed by atoms with Gasteiger partial charge in [-0.3, -0.25) is 0 Å². The van der Waals surface area contributed by atoms with E-state index in [4.69, 9.17) is 13.9 Å². The fraction of sp³-hybridized carbons (Fsp3) is 0.125. The highest BCUT2D eigenvalue weighted by Crippen LogP contribution is 2.39. The summed E-state index contributed by atoms with van der Waals surface area (Å²) in [6.45, 7) is 0. The fourth-order valence-corrected chi connectivity index (χ4v) is 2.23. The van der Waals surface area contributed by atoms with E-state index in [1.165, 1.54) is 12.1 Å². The monoisotopic (exact) mass is 286 g/mol. The van der Waals surface area contributed by atoms with Crippen LogP contribution in [0.2, 0.25) is 0 Å². The smallest absolute Gasteiger partial charge is 0.164 e. The molecule has 0 atom stereocenters. The third kappa shape index (κ3) is 2.23. The molecular formula is C16H14O5. The van der Waals surface area contributed by atoms with Crippen molar-refractivity contribution in [2.24, 2.45) is 0 Å². The highest BCUT2D eigenvalue weighted by atomic mass is 16.5. The Kier molecular flexibility index (Phi) is 3.10. The Morgan fingerprint density at radius 3 is 2.29 bits per heavy atom. The quantitative estimate of drug-likeness (QED) is 0.770. The van der Waals surface area contributed by atoms with Crippen LogP contribution in [-0.2, 0) is 0 Å². The van der Waals surface area contributed by atoms with Crippen LogP contribution in [0.1, 0.15) is 0 Å². The largest absolute Gasteiger partial charge is 0.508 e. The Labute approximate surface area is 121 Å². The molecule has 0 saturated heterocycles. The summed E-state index contributed by atoms with van der Waals surface area (Å²) < 4.78 is 16.2. The number of rotatable bonds is 3. The second kappa shape index (κ2) is 4.94. The van der Waals surface area contributed by atoms with E-state index in [-0.39, 0.29) is 11.5 Å². The van der Waals surface area contributed by atoms with Crippen molar-refractivity contribution in [3.05, 3.63) is 36.4 Å². The number of phenolic OH excluding ortho intramolecular Hbond substituents is 2. The molecule has 5 heteroatoms. The molecule has 108 valence electrons. The van der Waals surface area contributed by atoms with E-state index in [0.29, 0.717) is 28.4 Å². The molecule has 0 bridgehead atoms. The number of methoxy groups -OCH3 is 2. The normalized spacial score (nSPS) is 10.8. The molecule has 0 aliphatic rings. The van der Waals surface area contributed by atoms with Crippen LogP contribution in [0.4, 0.5) is 0 Å². The van der Waals surface area contributed by atoms with E-state index < -0.39 is 0 Å². The first-order valence-electron chi connectivity index (χ1n) is 6.30. The van der Waals surface area contributed by atoms with Crippen molar-refractivity contribution in [1.29, 1.82) is 0 Å². The molecule has 0 fully saturated rings. The summed E-state index contributed by atoms with van der Waals surface area (Å²) in [4.78, 5) is 0. The number of benzene rings is 2. The van der Waals surface area contributed by atoms with Gasteiger partial charge in [0.25, 0.3) is 0 Å². The summed E-state index contributed by atoms with van der Waals surface area (Å²) in [6.07, 6.45) is 0. The van der Waals surface area contributed by atoms with Gasteiger partial charge in [0.05, 0.1) is 19.8 Å². The lowest BCUT2D eigenvalue weighted by molar-refractivity contribution is 0.355. The second-order valence-electron chi connectivity index (χ2n) is 4.56. The van der Waals surface area contributed by atoms with Gasteiger partial charge in [-0.05, 0) is 24.3 Å². The van der Waals surface area contributed by atoms with Gasteiger partial charge < -0.3 is 24.1 Å². The zero-order valence-electron chi connectivity index (χ0n) is 11.6. The molecule has 1 aromatic heterocycles. The van der Waals surface area contributed by atoms with Crippen LogP contribution in [0.15, 0.2) is 40.8 Å². The topological polar surface area (TPSA) is 72.1 Å². The van der Waals surface area contributed by atoms with Gasteiger partial charge in [-0.1, -0.05) is 0 Å². The van der Waals surface area contributed by atoms with Gasteiger partial charge in [-0.25, -0.2) is 0 Å². The molecule has 0 saturated carbocycles. The molecule has 0 amide bonds. The van der Waals surface area contributed by atoms with Crippen LogP contribution >= 0.6 is 0 Å². The number of furan rings is 1. The number of hydrogen-bond acceptors (Lipinski definition) is 5. The molecule has 0 unspecified atom stereocenters. The van der Waals surface area contributed by atoms with Crippen LogP contribution in [0, 0.1) is 0 Å². The maximum absolute atomic E-state index is 9.90. The van der Waals surface area contributed by atoms with Crippen molar-refractivity contribution in [2.45, 2.75) is 0 Å². The first-order valence-corrected chi connectivity index (χ1v) is 6.30. The van der Waals surface area contributed by atoms with Gasteiger partial charge in [0.2, 0.25) is 0 Å². The van der Waals surface area contributed by atoms with E-state index in [0.717, 1.165) is 5.39 Å². The van der Waals surface area contributed by atoms with Crippen LogP contribution in [0.3, 0.4) is 0 Å². The van der Waals surface area contributed by atoms with E-state index >= 15 is 0 Å². The zero-order valence-corrected chi connectivity index (χ0v) is 11.6. The minimum absolute atomic E-state index is 0.00398. The third-order valence-corrected chi connectivity index (χ3v) is 3.27. The lowest BCUT2D eigenvalue weighted by atomic mass is 10.1. The van der Waals surface area contributed by atoms with Crippen LogP contribution in [-0.4, -0.2) is 24.4 Å². The Bertz CT molecular complexity index is 763. The highest BCUT2D eigenvalue weighted by Gasteiger charge is 2.14. The molecule has 21 heavy (non-hydrogen) atoms. The van der Waals surface area contributed by atoms with Gasteiger partial charge >= 0.3 is 0 Å². The lowest BCUT2D eigenvalue weighted by Crippen LogP contribution is -1.89. The van der Waals surface area contributed by atoms with Gasteiger partial charge in [-0.2, -0.15) is 0 Å². The number of ether oxygens (including phenoxy) is 2. The Morgan fingerprint density at radius 1 is 0.905 bits per heavy atom. The van der Waals surface area contributed by atoms with E-state index in [9.17, 15) is 10.2 Å². The van der Waals surface area contributed by atoms with Crippen molar-refractivity contribution in [3.63, 3.8) is 0 Å². The molecule has 0 radical (unpaired) electrons. The minimum atomic E-state index is -0.0482. The predicted molar refractivity (Wildman–Crippen MR) is 78.1 cm³/mol. The number of phenols is 2. The number of hydrogen-bond donors (Lipinski definition) is 2. The van der Waals surface area contributed by atoms with E-state index in [2.05, 4.69) is 0 Å². The maximum atomic E-state index is 9.90. The Morgan fingerprint density at radius 2 is 1.62 bits per heavy atom. The average molecular weight is 286 g/mol. The second-order valence-corrected chi connectivity index (χ2v) is 4.56. The maximum Gasteiger partial charge on any atom is 0.164 e. The number of fused-ring (bicyclic) bond motifs is 1. The summed E-state index contributed by atoms with van der Waals surface area (Å²) in [7, 11) is 3.12. The van der Waals surface area contributed by atoms with Crippen molar-refractivity contribution in [1.82, 2.24) is 0 Å². The number of aromatic hydroxyl groups is 2. The Balaban J connectivity index is 2.16. The fourth-order valence-electron chi connectivity index (χ4n) is 2.23. The lowest BCUT2D eigenvalue weighted by Gasteiger charge is -2.06. The van der Waals surface area contributed by atoms with Crippen molar-refractivity contribution < 1.29 is 24.1 Å². The molecule has 0 spiro atoms. The van der Waals surface area contributed by atoms with E-state index in [1.54, 1.807) is 38.5 Å². The summed E-state index contributed by atoms with van der Waals surface area (Å²) in [5.74, 6) is 1.62. The molecule has 5 nitrogen and oxygen atoms in total. The van der Waals surface area contributed by atoms with Crippen LogP contribution in [0.25, 0.3) is 22.3 Å². The van der Waals surface area contributed by atoms with E-state index in [1.807, 2.05) is 0 Å². The molecule has 0 aliphatic carbocycles. The van der Waals surface area contributed by atoms with Crippen molar-refractivity contribution in [3.8, 4) is 34.3 Å². The first-order chi connectivity index (χ1) is 10.1. The zero-order chi connectivity index (χ0) is 15.0. The SMILES string of the molecule is COc1cc2cc(-c3ccc(O)cc3O)oc2cc1OC. The van der Waals surface area contributed by atoms with Gasteiger partial charge in [0.1, 0.15) is 22.8 Å². The molecule has 3 aromatic rings. The highest BCUT2D eigenvalue weighted by molar-refractivity contribution is 5.87. The van der Waals surface area contributed by atoms with Gasteiger partial charge in [-0.15, -0.1) is 0 Å². The summed E-state index contributed by atoms with van der Waals surface area (Å²) >= 11 is 0. The summed E-state index contributed by atoms with van der Waals surface area (Å²) in [6, 6.07) is 9.68. The minimum Gasteiger partial charge on any atom is -0.508 e.